The molecule has 5 heteroatoms. The van der Waals surface area contributed by atoms with Crippen LogP contribution in [0.1, 0.15) is 30.9 Å². The van der Waals surface area contributed by atoms with Crippen LogP contribution in [0.4, 0.5) is 0 Å². The molecule has 0 radical (unpaired) electrons. The molecule has 1 unspecified atom stereocenters. The molecule has 0 aliphatic heterocycles. The molecule has 0 aromatic carbocycles. The van der Waals surface area contributed by atoms with E-state index < -0.39 is 0 Å². The van der Waals surface area contributed by atoms with Gasteiger partial charge in [-0.1, -0.05) is 0 Å². The standard InChI is InChI=1S/C11H17N5/c1-8-13-9(2)16(15-8)6-5-11(7-12)14-10-3-4-10/h10-11,14H,3-6H2,1-2H3. The van der Waals surface area contributed by atoms with Crippen molar-refractivity contribution in [2.45, 2.75) is 51.7 Å². The first-order chi connectivity index (χ1) is 7.69. The number of aromatic nitrogens is 3. The van der Waals surface area contributed by atoms with Gasteiger partial charge in [-0.3, -0.25) is 10.00 Å². The molecule has 1 aliphatic rings. The Kier molecular flexibility index (Phi) is 3.20. The molecule has 1 N–H and O–H groups in total. The van der Waals surface area contributed by atoms with E-state index >= 15 is 0 Å². The Labute approximate surface area is 95.5 Å². The average molecular weight is 219 g/mol. The fraction of sp³-hybridized carbons (Fsp3) is 0.727. The van der Waals surface area contributed by atoms with Crippen molar-refractivity contribution in [3.05, 3.63) is 11.6 Å². The Morgan fingerprint density at radius 1 is 1.56 bits per heavy atom. The minimum atomic E-state index is -0.0589. The lowest BCUT2D eigenvalue weighted by Gasteiger charge is -2.10. The Hall–Kier alpha value is -1.41. The molecule has 1 aromatic rings. The lowest BCUT2D eigenvalue weighted by molar-refractivity contribution is 0.483. The Bertz CT molecular complexity index is 399. The number of rotatable bonds is 5. The smallest absolute Gasteiger partial charge is 0.147 e. The second-order valence-corrected chi connectivity index (χ2v) is 4.34. The highest BCUT2D eigenvalue weighted by Gasteiger charge is 2.24. The highest BCUT2D eigenvalue weighted by molar-refractivity contribution is 4.96. The summed E-state index contributed by atoms with van der Waals surface area (Å²) in [4.78, 5) is 4.24. The van der Waals surface area contributed by atoms with Gasteiger partial charge < -0.3 is 0 Å². The third kappa shape index (κ3) is 2.80. The third-order valence-electron chi connectivity index (χ3n) is 2.76. The zero-order valence-corrected chi connectivity index (χ0v) is 9.77. The topological polar surface area (TPSA) is 66.5 Å². The van der Waals surface area contributed by atoms with Crippen molar-refractivity contribution in [2.24, 2.45) is 0 Å². The van der Waals surface area contributed by atoms with E-state index in [1.807, 2.05) is 18.5 Å². The Balaban J connectivity index is 1.85. The van der Waals surface area contributed by atoms with Gasteiger partial charge in [0.15, 0.2) is 0 Å². The van der Waals surface area contributed by atoms with Crippen molar-refractivity contribution in [3.8, 4) is 6.07 Å². The zero-order valence-electron chi connectivity index (χ0n) is 9.77. The first-order valence-electron chi connectivity index (χ1n) is 5.73. The summed E-state index contributed by atoms with van der Waals surface area (Å²) >= 11 is 0. The van der Waals surface area contributed by atoms with E-state index in [4.69, 9.17) is 5.26 Å². The van der Waals surface area contributed by atoms with Crippen molar-refractivity contribution in [2.75, 3.05) is 0 Å². The van der Waals surface area contributed by atoms with Crippen LogP contribution in [0.3, 0.4) is 0 Å². The second-order valence-electron chi connectivity index (χ2n) is 4.34. The van der Waals surface area contributed by atoms with Gasteiger partial charge in [-0.25, -0.2) is 4.98 Å². The van der Waals surface area contributed by atoms with E-state index in [2.05, 4.69) is 21.5 Å². The third-order valence-corrected chi connectivity index (χ3v) is 2.76. The molecule has 1 atom stereocenters. The minimum absolute atomic E-state index is 0.0589. The summed E-state index contributed by atoms with van der Waals surface area (Å²) in [6.07, 6.45) is 3.20. The van der Waals surface area contributed by atoms with Crippen LogP contribution in [0.5, 0.6) is 0 Å². The molecule has 0 bridgehead atoms. The highest BCUT2D eigenvalue weighted by atomic mass is 15.3. The normalized spacial score (nSPS) is 17.1. The quantitative estimate of drug-likeness (QED) is 0.800. The maximum Gasteiger partial charge on any atom is 0.147 e. The summed E-state index contributed by atoms with van der Waals surface area (Å²) in [5.41, 5.74) is 0. The molecule has 1 saturated carbocycles. The van der Waals surface area contributed by atoms with Crippen LogP contribution < -0.4 is 5.32 Å². The molecule has 16 heavy (non-hydrogen) atoms. The summed E-state index contributed by atoms with van der Waals surface area (Å²) in [7, 11) is 0. The van der Waals surface area contributed by atoms with Gasteiger partial charge in [0.25, 0.3) is 0 Å². The van der Waals surface area contributed by atoms with Crippen LogP contribution in [0.15, 0.2) is 0 Å². The molecule has 0 amide bonds. The summed E-state index contributed by atoms with van der Waals surface area (Å²) in [6.45, 7) is 4.58. The van der Waals surface area contributed by atoms with Crippen molar-refractivity contribution in [1.29, 1.82) is 5.26 Å². The SMILES string of the molecule is Cc1nc(C)n(CCC(C#N)NC2CC2)n1. The van der Waals surface area contributed by atoms with Crippen molar-refractivity contribution in [1.82, 2.24) is 20.1 Å². The molecule has 86 valence electrons. The number of hydrogen-bond donors (Lipinski definition) is 1. The van der Waals surface area contributed by atoms with E-state index in [0.29, 0.717) is 6.04 Å². The van der Waals surface area contributed by atoms with E-state index in [0.717, 1.165) is 24.6 Å². The second kappa shape index (κ2) is 4.62. The van der Waals surface area contributed by atoms with Gasteiger partial charge in [0.05, 0.1) is 12.1 Å². The monoisotopic (exact) mass is 219 g/mol. The molecule has 1 aliphatic carbocycles. The first-order valence-corrected chi connectivity index (χ1v) is 5.73. The van der Waals surface area contributed by atoms with Gasteiger partial charge in [0, 0.05) is 12.6 Å². The molecule has 0 spiro atoms. The maximum absolute atomic E-state index is 9.00. The Morgan fingerprint density at radius 3 is 2.81 bits per heavy atom. The number of nitrogens with one attached hydrogen (secondary N) is 1. The summed E-state index contributed by atoms with van der Waals surface area (Å²) in [6, 6.07) is 2.81. The lowest BCUT2D eigenvalue weighted by atomic mass is 10.2. The Morgan fingerprint density at radius 2 is 2.31 bits per heavy atom. The van der Waals surface area contributed by atoms with Crippen LogP contribution in [0.25, 0.3) is 0 Å². The number of nitriles is 1. The van der Waals surface area contributed by atoms with E-state index in [1.54, 1.807) is 0 Å². The number of aryl methyl sites for hydroxylation is 3. The van der Waals surface area contributed by atoms with Crippen molar-refractivity contribution in [3.63, 3.8) is 0 Å². The molecule has 2 rings (SSSR count). The van der Waals surface area contributed by atoms with Crippen molar-refractivity contribution >= 4 is 0 Å². The van der Waals surface area contributed by atoms with Gasteiger partial charge in [-0.2, -0.15) is 10.4 Å². The van der Waals surface area contributed by atoms with Gasteiger partial charge in [-0.05, 0) is 33.1 Å². The predicted molar refractivity (Wildman–Crippen MR) is 59.7 cm³/mol. The van der Waals surface area contributed by atoms with Crippen LogP contribution in [-0.4, -0.2) is 26.8 Å². The van der Waals surface area contributed by atoms with Gasteiger partial charge in [0.1, 0.15) is 11.6 Å². The number of nitrogens with zero attached hydrogens (tertiary/aromatic N) is 4. The lowest BCUT2D eigenvalue weighted by Crippen LogP contribution is -2.30. The molecular weight excluding hydrogens is 202 g/mol. The fourth-order valence-corrected chi connectivity index (χ4v) is 1.74. The molecule has 5 nitrogen and oxygen atoms in total. The fourth-order valence-electron chi connectivity index (χ4n) is 1.74. The molecule has 1 heterocycles. The van der Waals surface area contributed by atoms with E-state index in [-0.39, 0.29) is 6.04 Å². The highest BCUT2D eigenvalue weighted by Crippen LogP contribution is 2.19. The van der Waals surface area contributed by atoms with Gasteiger partial charge in [-0.15, -0.1) is 0 Å². The molecule has 0 saturated heterocycles. The predicted octanol–water partition coefficient (Wildman–Crippen LogP) is 0.929. The van der Waals surface area contributed by atoms with Crippen molar-refractivity contribution < 1.29 is 0 Å². The van der Waals surface area contributed by atoms with Crippen LogP contribution in [0.2, 0.25) is 0 Å². The average Bonchev–Trinajstić information content (AvgIpc) is 3.00. The molecular formula is C11H17N5. The number of hydrogen-bond acceptors (Lipinski definition) is 4. The van der Waals surface area contributed by atoms with Crippen LogP contribution in [0, 0.1) is 25.2 Å². The zero-order chi connectivity index (χ0) is 11.5. The van der Waals surface area contributed by atoms with E-state index in [1.165, 1.54) is 12.8 Å². The molecule has 1 aromatic heterocycles. The summed E-state index contributed by atoms with van der Waals surface area (Å²) in [5.74, 6) is 1.71. The molecule has 1 fully saturated rings. The van der Waals surface area contributed by atoms with Gasteiger partial charge >= 0.3 is 0 Å². The van der Waals surface area contributed by atoms with Crippen LogP contribution in [-0.2, 0) is 6.54 Å². The minimum Gasteiger partial charge on any atom is -0.299 e. The summed E-state index contributed by atoms with van der Waals surface area (Å²) in [5, 5.41) is 16.6. The first kappa shape index (κ1) is 11.1. The largest absolute Gasteiger partial charge is 0.299 e. The van der Waals surface area contributed by atoms with Crippen LogP contribution >= 0.6 is 0 Å². The maximum atomic E-state index is 9.00. The van der Waals surface area contributed by atoms with E-state index in [9.17, 15) is 0 Å². The van der Waals surface area contributed by atoms with Gasteiger partial charge in [0.2, 0.25) is 0 Å². The summed E-state index contributed by atoms with van der Waals surface area (Å²) < 4.78 is 1.87.